The maximum Gasteiger partial charge on any atom is 0.0788 e. The molecule has 0 N–H and O–H groups in total. The molecule has 2 nitrogen and oxygen atoms in total. The Morgan fingerprint density at radius 2 is 1.00 bits per heavy atom. The zero-order valence-electron chi connectivity index (χ0n) is 24.8. The Bertz CT molecular complexity index is 2800. The molecular formula is C43H26N2S. The summed E-state index contributed by atoms with van der Waals surface area (Å²) < 4.78 is 5.02. The molecule has 0 spiro atoms. The maximum atomic E-state index is 5.34. The third kappa shape index (κ3) is 3.79. The number of hydrogen-bond acceptors (Lipinski definition) is 2. The lowest BCUT2D eigenvalue weighted by molar-refractivity contribution is 1.18. The molecule has 46 heavy (non-hydrogen) atoms. The van der Waals surface area contributed by atoms with Gasteiger partial charge >= 0.3 is 0 Å². The Labute approximate surface area is 269 Å². The first-order chi connectivity index (χ1) is 22.8. The zero-order valence-corrected chi connectivity index (χ0v) is 25.6. The number of thiophene rings is 1. The summed E-state index contributed by atoms with van der Waals surface area (Å²) in [6, 6.07) is 57.1. The molecule has 0 aliphatic carbocycles. The number of para-hydroxylation sites is 2. The average Bonchev–Trinajstić information content (AvgIpc) is 3.66. The molecule has 0 saturated heterocycles. The summed E-state index contributed by atoms with van der Waals surface area (Å²) in [6.07, 6.45) is 0. The van der Waals surface area contributed by atoms with Crippen molar-refractivity contribution in [2.75, 3.05) is 0 Å². The van der Waals surface area contributed by atoms with Crippen LogP contribution in [0.25, 0.3) is 91.7 Å². The van der Waals surface area contributed by atoms with Crippen LogP contribution in [-0.2, 0) is 0 Å². The van der Waals surface area contributed by atoms with Crippen LogP contribution in [0.1, 0.15) is 0 Å². The lowest BCUT2D eigenvalue weighted by Crippen LogP contribution is -1.93. The van der Waals surface area contributed by atoms with Gasteiger partial charge in [0.2, 0.25) is 0 Å². The molecule has 0 bridgehead atoms. The number of benzene rings is 7. The van der Waals surface area contributed by atoms with Gasteiger partial charge in [0.25, 0.3) is 0 Å². The molecule has 3 heteroatoms. The molecule has 0 radical (unpaired) electrons. The van der Waals surface area contributed by atoms with Gasteiger partial charge < -0.3 is 4.57 Å². The van der Waals surface area contributed by atoms with E-state index in [1.54, 1.807) is 0 Å². The van der Waals surface area contributed by atoms with Gasteiger partial charge in [-0.05, 0) is 77.2 Å². The molecule has 214 valence electrons. The minimum absolute atomic E-state index is 1.01. The normalized spacial score (nSPS) is 11.9. The molecule has 0 aliphatic rings. The second-order valence-corrected chi connectivity index (χ2v) is 13.1. The molecular weight excluding hydrogens is 577 g/mol. The summed E-state index contributed by atoms with van der Waals surface area (Å²) in [5.41, 5.74) is 9.15. The van der Waals surface area contributed by atoms with Crippen LogP contribution in [0.3, 0.4) is 0 Å². The first-order valence-electron chi connectivity index (χ1n) is 15.6. The molecule has 3 heterocycles. The highest BCUT2D eigenvalue weighted by molar-refractivity contribution is 7.25. The van der Waals surface area contributed by atoms with E-state index in [9.17, 15) is 0 Å². The Balaban J connectivity index is 1.16. The predicted octanol–water partition coefficient (Wildman–Crippen LogP) is 12.2. The highest BCUT2D eigenvalue weighted by Crippen LogP contribution is 2.40. The van der Waals surface area contributed by atoms with Crippen molar-refractivity contribution in [1.29, 1.82) is 0 Å². The van der Waals surface area contributed by atoms with Gasteiger partial charge in [-0.15, -0.1) is 11.3 Å². The van der Waals surface area contributed by atoms with Gasteiger partial charge in [-0.25, -0.2) is 4.98 Å². The molecule has 0 saturated carbocycles. The van der Waals surface area contributed by atoms with Gasteiger partial charge in [-0.3, -0.25) is 0 Å². The smallest absolute Gasteiger partial charge is 0.0788 e. The number of fused-ring (bicyclic) bond motifs is 9. The van der Waals surface area contributed by atoms with Crippen LogP contribution in [0, 0.1) is 0 Å². The van der Waals surface area contributed by atoms with E-state index in [0.29, 0.717) is 0 Å². The summed E-state index contributed by atoms with van der Waals surface area (Å²) in [4.78, 5) is 5.34. The summed E-state index contributed by atoms with van der Waals surface area (Å²) in [6.45, 7) is 0. The Morgan fingerprint density at radius 1 is 0.391 bits per heavy atom. The van der Waals surface area contributed by atoms with E-state index >= 15 is 0 Å². The lowest BCUT2D eigenvalue weighted by atomic mass is 9.96. The van der Waals surface area contributed by atoms with Crippen LogP contribution in [0.2, 0.25) is 0 Å². The van der Waals surface area contributed by atoms with Crippen LogP contribution in [0.4, 0.5) is 0 Å². The SMILES string of the molecule is c1ccc(-n2c3ccccc3c3cc(-c4nc5ccc(-c6ccc7sc8ccccc8c7c6)cc5c5ccccc45)ccc32)cc1. The Kier molecular flexibility index (Phi) is 5.48. The first kappa shape index (κ1) is 25.5. The number of pyridine rings is 1. The standard InChI is InChI=1S/C43H26N2S/c1-2-10-30(11-3-1)45-39-16-8-6-13-32(39)36-26-29(19-22-40(36)45)43-34-15-5-4-12-31(34)35-24-27(18-21-38(35)44-43)28-20-23-42-37(25-28)33-14-7-9-17-41(33)46-42/h1-26H. The van der Waals surface area contributed by atoms with E-state index in [4.69, 9.17) is 4.98 Å². The van der Waals surface area contributed by atoms with E-state index in [1.807, 2.05) is 11.3 Å². The fourth-order valence-corrected chi connectivity index (χ4v) is 8.32. The summed E-state index contributed by atoms with van der Waals surface area (Å²) in [5.74, 6) is 0. The fraction of sp³-hybridized carbons (Fsp3) is 0. The van der Waals surface area contributed by atoms with E-state index in [0.717, 1.165) is 27.8 Å². The molecule has 10 rings (SSSR count). The van der Waals surface area contributed by atoms with Crippen LogP contribution < -0.4 is 0 Å². The average molecular weight is 603 g/mol. The minimum atomic E-state index is 1.01. The van der Waals surface area contributed by atoms with Crippen molar-refractivity contribution in [2.24, 2.45) is 0 Å². The van der Waals surface area contributed by atoms with Gasteiger partial charge in [0.05, 0.1) is 22.2 Å². The van der Waals surface area contributed by atoms with Crippen LogP contribution >= 0.6 is 11.3 Å². The number of aromatic nitrogens is 2. The summed E-state index contributed by atoms with van der Waals surface area (Å²) in [7, 11) is 0. The van der Waals surface area contributed by atoms with Crippen LogP contribution in [0.15, 0.2) is 158 Å². The topological polar surface area (TPSA) is 17.8 Å². The first-order valence-corrected chi connectivity index (χ1v) is 16.4. The summed E-state index contributed by atoms with van der Waals surface area (Å²) >= 11 is 1.86. The Hall–Kier alpha value is -5.77. The molecule has 0 atom stereocenters. The summed E-state index contributed by atoms with van der Waals surface area (Å²) in [5, 5.41) is 8.68. The van der Waals surface area contributed by atoms with Gasteiger partial charge in [-0.2, -0.15) is 0 Å². The van der Waals surface area contributed by atoms with Crippen molar-refractivity contribution in [3.8, 4) is 28.1 Å². The third-order valence-corrected chi connectivity index (χ3v) is 10.5. The number of nitrogens with zero attached hydrogens (tertiary/aromatic N) is 2. The quantitative estimate of drug-likeness (QED) is 0.184. The van der Waals surface area contributed by atoms with Crippen molar-refractivity contribution < 1.29 is 0 Å². The lowest BCUT2D eigenvalue weighted by Gasteiger charge is -2.12. The van der Waals surface area contributed by atoms with E-state index in [1.165, 1.54) is 63.9 Å². The van der Waals surface area contributed by atoms with Crippen LogP contribution in [0.5, 0.6) is 0 Å². The second kappa shape index (κ2) is 9.87. The fourth-order valence-electron chi connectivity index (χ4n) is 7.24. The van der Waals surface area contributed by atoms with E-state index < -0.39 is 0 Å². The van der Waals surface area contributed by atoms with Crippen molar-refractivity contribution in [3.05, 3.63) is 158 Å². The van der Waals surface area contributed by atoms with Crippen molar-refractivity contribution in [3.63, 3.8) is 0 Å². The van der Waals surface area contributed by atoms with Crippen molar-refractivity contribution in [1.82, 2.24) is 9.55 Å². The van der Waals surface area contributed by atoms with Crippen molar-refractivity contribution in [2.45, 2.75) is 0 Å². The van der Waals surface area contributed by atoms with E-state index in [-0.39, 0.29) is 0 Å². The monoisotopic (exact) mass is 602 g/mol. The molecule has 3 aromatic heterocycles. The van der Waals surface area contributed by atoms with Gasteiger partial charge in [0, 0.05) is 53.0 Å². The Morgan fingerprint density at radius 3 is 1.87 bits per heavy atom. The predicted molar refractivity (Wildman–Crippen MR) is 197 cm³/mol. The number of rotatable bonds is 3. The molecule has 7 aromatic carbocycles. The molecule has 0 amide bonds. The van der Waals surface area contributed by atoms with Gasteiger partial charge in [-0.1, -0.05) is 97.1 Å². The second-order valence-electron chi connectivity index (χ2n) is 12.0. The van der Waals surface area contributed by atoms with Crippen LogP contribution in [-0.4, -0.2) is 9.55 Å². The van der Waals surface area contributed by atoms with Gasteiger partial charge in [0.1, 0.15) is 0 Å². The number of hydrogen-bond donors (Lipinski definition) is 0. The molecule has 0 fully saturated rings. The maximum absolute atomic E-state index is 5.34. The third-order valence-electron chi connectivity index (χ3n) is 9.37. The zero-order chi connectivity index (χ0) is 30.2. The molecule has 0 unspecified atom stereocenters. The minimum Gasteiger partial charge on any atom is -0.309 e. The van der Waals surface area contributed by atoms with Gasteiger partial charge in [0.15, 0.2) is 0 Å². The molecule has 0 aliphatic heterocycles. The highest BCUT2D eigenvalue weighted by atomic mass is 32.1. The highest BCUT2D eigenvalue weighted by Gasteiger charge is 2.16. The van der Waals surface area contributed by atoms with E-state index in [2.05, 4.69) is 162 Å². The van der Waals surface area contributed by atoms with Crippen molar-refractivity contribution >= 4 is 75.0 Å². The largest absolute Gasteiger partial charge is 0.309 e. The molecule has 10 aromatic rings.